The number of nitro benzene ring substituents is 1. The van der Waals surface area contributed by atoms with Crippen molar-refractivity contribution in [2.75, 3.05) is 34.9 Å². The third kappa shape index (κ3) is 8.05. The predicted octanol–water partition coefficient (Wildman–Crippen LogP) is 7.54. The van der Waals surface area contributed by atoms with Crippen LogP contribution in [-0.2, 0) is 4.74 Å². The molecule has 0 aliphatic rings. The number of rotatable bonds is 16. The summed E-state index contributed by atoms with van der Waals surface area (Å²) in [7, 11) is 7.12. The van der Waals surface area contributed by atoms with Crippen LogP contribution in [0.4, 0.5) is 11.4 Å². The van der Waals surface area contributed by atoms with Crippen molar-refractivity contribution >= 4 is 17.3 Å². The summed E-state index contributed by atoms with van der Waals surface area (Å²) in [5.74, 6) is -0.141. The number of nitrogens with zero attached hydrogens (tertiary/aromatic N) is 2. The highest BCUT2D eigenvalue weighted by Crippen LogP contribution is 2.41. The van der Waals surface area contributed by atoms with Crippen molar-refractivity contribution in [3.05, 3.63) is 52.1 Å². The summed E-state index contributed by atoms with van der Waals surface area (Å²) in [6.45, 7) is 3.23. The highest BCUT2D eigenvalue weighted by molar-refractivity contribution is 6.01. The van der Waals surface area contributed by atoms with Crippen LogP contribution in [0.5, 0.6) is 5.75 Å². The topological polar surface area (TPSA) is 78.7 Å². The molecule has 0 spiro atoms. The van der Waals surface area contributed by atoms with Gasteiger partial charge in [-0.05, 0) is 31.0 Å². The minimum Gasteiger partial charge on any atom is -0.496 e. The van der Waals surface area contributed by atoms with Crippen LogP contribution >= 0.6 is 0 Å². The Morgan fingerprint density at radius 2 is 1.53 bits per heavy atom. The maximum Gasteiger partial charge on any atom is 0.338 e. The Bertz CT molecular complexity index is 1000. The maximum absolute atomic E-state index is 12.4. The first-order valence-electron chi connectivity index (χ1n) is 13.1. The Kier molecular flexibility index (Phi) is 11.9. The van der Waals surface area contributed by atoms with Gasteiger partial charge in [-0.1, -0.05) is 64.4 Å². The second-order valence-corrected chi connectivity index (χ2v) is 9.92. The molecule has 0 amide bonds. The lowest BCUT2D eigenvalue weighted by Crippen LogP contribution is -2.41. The largest absolute Gasteiger partial charge is 0.496 e. The molecule has 0 atom stereocenters. The summed E-state index contributed by atoms with van der Waals surface area (Å²) >= 11 is 0. The fraction of sp³-hybridized carbons (Fsp3) is 0.552. The zero-order chi connectivity index (χ0) is 26.6. The van der Waals surface area contributed by atoms with Gasteiger partial charge in [0.2, 0.25) is 0 Å². The molecule has 0 fully saturated rings. The highest BCUT2D eigenvalue weighted by Gasteiger charge is 2.28. The molecule has 0 saturated carbocycles. The number of benzene rings is 2. The molecular formula is C29H43N2O5+. The van der Waals surface area contributed by atoms with E-state index in [0.717, 1.165) is 18.7 Å². The monoisotopic (exact) mass is 499 g/mol. The molecule has 7 nitrogen and oxygen atoms in total. The number of carbonyl (C=O) groups excluding carboxylic acids is 1. The van der Waals surface area contributed by atoms with Gasteiger partial charge in [0.1, 0.15) is 11.4 Å². The van der Waals surface area contributed by atoms with Crippen molar-refractivity contribution in [2.24, 2.45) is 0 Å². The molecule has 7 heteroatoms. The van der Waals surface area contributed by atoms with Gasteiger partial charge in [0, 0.05) is 17.7 Å². The zero-order valence-corrected chi connectivity index (χ0v) is 22.7. The van der Waals surface area contributed by atoms with E-state index in [-0.39, 0.29) is 16.8 Å². The number of carbonyl (C=O) groups is 1. The van der Waals surface area contributed by atoms with Gasteiger partial charge in [-0.25, -0.2) is 4.79 Å². The summed E-state index contributed by atoms with van der Waals surface area (Å²) in [6.07, 6.45) is 13.0. The summed E-state index contributed by atoms with van der Waals surface area (Å²) in [5.41, 5.74) is 1.72. The van der Waals surface area contributed by atoms with Crippen molar-refractivity contribution in [2.45, 2.75) is 71.1 Å². The molecule has 0 aliphatic heterocycles. The third-order valence-corrected chi connectivity index (χ3v) is 6.87. The lowest BCUT2D eigenvalue weighted by Gasteiger charge is -2.30. The lowest BCUT2D eigenvalue weighted by atomic mass is 9.96. The molecule has 2 aromatic carbocycles. The van der Waals surface area contributed by atoms with Gasteiger partial charge in [0.15, 0.2) is 0 Å². The lowest BCUT2D eigenvalue weighted by molar-refractivity contribution is -0.384. The molecule has 0 aliphatic carbocycles. The fourth-order valence-corrected chi connectivity index (χ4v) is 4.64. The molecule has 0 saturated heterocycles. The van der Waals surface area contributed by atoms with E-state index in [2.05, 4.69) is 21.0 Å². The number of hydrogen-bond donors (Lipinski definition) is 0. The SMILES string of the molecule is CCCCCCCCCCCC[N+](C)(C)c1ccc(-c2c(C(=O)OC)cccc2[N+](=O)[O-])c(OC)c1. The smallest absolute Gasteiger partial charge is 0.338 e. The number of hydrogen-bond acceptors (Lipinski definition) is 5. The van der Waals surface area contributed by atoms with E-state index in [1.807, 2.05) is 18.2 Å². The molecule has 0 radical (unpaired) electrons. The molecule has 36 heavy (non-hydrogen) atoms. The average molecular weight is 500 g/mol. The van der Waals surface area contributed by atoms with E-state index in [1.54, 1.807) is 0 Å². The van der Waals surface area contributed by atoms with Crippen LogP contribution < -0.4 is 9.22 Å². The summed E-state index contributed by atoms with van der Waals surface area (Å²) in [6, 6.07) is 10.1. The van der Waals surface area contributed by atoms with Crippen molar-refractivity contribution in [1.29, 1.82) is 0 Å². The first-order chi connectivity index (χ1) is 17.3. The van der Waals surface area contributed by atoms with E-state index in [0.29, 0.717) is 15.8 Å². The summed E-state index contributed by atoms with van der Waals surface area (Å²) < 4.78 is 11.2. The Balaban J connectivity index is 2.12. The second kappa shape index (κ2) is 14.6. The summed E-state index contributed by atoms with van der Waals surface area (Å²) in [4.78, 5) is 23.7. The number of methoxy groups -OCH3 is 2. The van der Waals surface area contributed by atoms with Crippen molar-refractivity contribution in [3.8, 4) is 16.9 Å². The van der Waals surface area contributed by atoms with E-state index in [4.69, 9.17) is 9.47 Å². The molecule has 0 aromatic heterocycles. The van der Waals surface area contributed by atoms with Crippen LogP contribution in [0.15, 0.2) is 36.4 Å². The van der Waals surface area contributed by atoms with Crippen LogP contribution in [0.25, 0.3) is 11.1 Å². The summed E-state index contributed by atoms with van der Waals surface area (Å²) in [5, 5.41) is 11.8. The Morgan fingerprint density at radius 3 is 2.08 bits per heavy atom. The molecule has 0 unspecified atom stereocenters. The van der Waals surface area contributed by atoms with Gasteiger partial charge in [-0.3, -0.25) is 14.6 Å². The number of nitro groups is 1. The number of esters is 1. The molecular weight excluding hydrogens is 456 g/mol. The minimum absolute atomic E-state index is 0.136. The first-order valence-corrected chi connectivity index (χ1v) is 13.1. The number of unbranched alkanes of at least 4 members (excludes halogenated alkanes) is 9. The third-order valence-electron chi connectivity index (χ3n) is 6.87. The van der Waals surface area contributed by atoms with E-state index in [1.165, 1.54) is 90.2 Å². The maximum atomic E-state index is 12.4. The number of ether oxygens (including phenoxy) is 2. The van der Waals surface area contributed by atoms with Crippen LogP contribution in [0.3, 0.4) is 0 Å². The Hall–Kier alpha value is -2.93. The zero-order valence-electron chi connectivity index (χ0n) is 22.7. The van der Waals surface area contributed by atoms with Gasteiger partial charge in [-0.15, -0.1) is 0 Å². The van der Waals surface area contributed by atoms with Crippen molar-refractivity contribution in [1.82, 2.24) is 4.48 Å². The van der Waals surface area contributed by atoms with Gasteiger partial charge < -0.3 is 9.47 Å². The standard InChI is InChI=1S/C29H43N2O5/c1-6-7-8-9-10-11-12-13-14-15-21-31(2,3)23-19-20-24(27(22-23)35-4)28-25(29(32)36-5)17-16-18-26(28)30(33)34/h16-20,22H,6-15,21H2,1-5H3/q+1. The van der Waals surface area contributed by atoms with E-state index in [9.17, 15) is 14.9 Å². The van der Waals surface area contributed by atoms with Gasteiger partial charge >= 0.3 is 5.97 Å². The van der Waals surface area contributed by atoms with Crippen LogP contribution in [0.1, 0.15) is 81.5 Å². The molecule has 2 aromatic rings. The quantitative estimate of drug-likeness (QED) is 0.0783. The molecule has 0 N–H and O–H groups in total. The highest BCUT2D eigenvalue weighted by atomic mass is 16.6. The molecule has 0 heterocycles. The molecule has 2 rings (SSSR count). The Morgan fingerprint density at radius 1 is 0.917 bits per heavy atom. The number of quaternary nitrogens is 1. The molecule has 0 bridgehead atoms. The van der Waals surface area contributed by atoms with E-state index < -0.39 is 10.9 Å². The van der Waals surface area contributed by atoms with Crippen LogP contribution in [0, 0.1) is 10.1 Å². The van der Waals surface area contributed by atoms with Crippen molar-refractivity contribution < 1.29 is 19.2 Å². The van der Waals surface area contributed by atoms with Gasteiger partial charge in [0.05, 0.1) is 50.9 Å². The normalized spacial score (nSPS) is 11.4. The van der Waals surface area contributed by atoms with Crippen molar-refractivity contribution in [3.63, 3.8) is 0 Å². The van der Waals surface area contributed by atoms with Crippen LogP contribution in [-0.4, -0.2) is 45.8 Å². The average Bonchev–Trinajstić information content (AvgIpc) is 2.88. The second-order valence-electron chi connectivity index (χ2n) is 9.92. The van der Waals surface area contributed by atoms with Gasteiger partial charge in [0.25, 0.3) is 5.69 Å². The van der Waals surface area contributed by atoms with E-state index >= 15 is 0 Å². The predicted molar refractivity (Wildman–Crippen MR) is 147 cm³/mol. The van der Waals surface area contributed by atoms with Crippen LogP contribution in [0.2, 0.25) is 0 Å². The Labute approximate surface area is 216 Å². The fourth-order valence-electron chi connectivity index (χ4n) is 4.64. The molecule has 198 valence electrons. The first kappa shape index (κ1) is 29.3. The minimum atomic E-state index is -0.628. The van der Waals surface area contributed by atoms with Gasteiger partial charge in [-0.2, -0.15) is 0 Å².